The lowest BCUT2D eigenvalue weighted by molar-refractivity contribution is 0.198. The van der Waals surface area contributed by atoms with E-state index in [9.17, 15) is 0 Å². The average Bonchev–Trinajstić information content (AvgIpc) is 3.09. The van der Waals surface area contributed by atoms with E-state index in [0.29, 0.717) is 6.04 Å². The number of rotatable bonds is 4. The summed E-state index contributed by atoms with van der Waals surface area (Å²) in [6.07, 6.45) is 3.54. The van der Waals surface area contributed by atoms with E-state index in [1.54, 1.807) is 23.7 Å². The third-order valence-electron chi connectivity index (χ3n) is 4.27. The summed E-state index contributed by atoms with van der Waals surface area (Å²) in [4.78, 5) is 15.9. The van der Waals surface area contributed by atoms with E-state index < -0.39 is 0 Å². The molecule has 0 aromatic carbocycles. The van der Waals surface area contributed by atoms with E-state index >= 15 is 0 Å². The van der Waals surface area contributed by atoms with E-state index in [0.717, 1.165) is 37.8 Å². The number of anilines is 2. The lowest BCUT2D eigenvalue weighted by atomic mass is 10.1. The molecule has 22 heavy (non-hydrogen) atoms. The van der Waals surface area contributed by atoms with Crippen LogP contribution in [0.5, 0.6) is 0 Å². The van der Waals surface area contributed by atoms with Crippen LogP contribution in [0.2, 0.25) is 0 Å². The second kappa shape index (κ2) is 6.62. The fourth-order valence-corrected chi connectivity index (χ4v) is 3.65. The second-order valence-corrected chi connectivity index (χ2v) is 6.63. The molecule has 118 valence electrons. The van der Waals surface area contributed by atoms with Gasteiger partial charge >= 0.3 is 0 Å². The van der Waals surface area contributed by atoms with Crippen LogP contribution in [0.1, 0.15) is 18.5 Å². The van der Waals surface area contributed by atoms with Gasteiger partial charge in [-0.3, -0.25) is 4.90 Å². The lowest BCUT2D eigenvalue weighted by Crippen LogP contribution is -2.47. The molecule has 1 fully saturated rings. The van der Waals surface area contributed by atoms with Crippen LogP contribution in [0, 0.1) is 0 Å². The molecule has 1 aliphatic rings. The van der Waals surface area contributed by atoms with Crippen molar-refractivity contribution in [3.05, 3.63) is 34.8 Å². The van der Waals surface area contributed by atoms with Gasteiger partial charge in [0, 0.05) is 58.7 Å². The maximum atomic E-state index is 4.55. The van der Waals surface area contributed by atoms with E-state index in [2.05, 4.69) is 43.5 Å². The zero-order valence-corrected chi connectivity index (χ0v) is 14.3. The molecule has 2 aromatic rings. The van der Waals surface area contributed by atoms with Crippen molar-refractivity contribution in [2.75, 3.05) is 50.1 Å². The monoisotopic (exact) mass is 317 g/mol. The highest BCUT2D eigenvalue weighted by molar-refractivity contribution is 7.07. The SMILES string of the molecule is CC(c1ccsc1)N1CCN(c2nccnc2N(C)C)CC1. The van der Waals surface area contributed by atoms with Crippen LogP contribution in [0.15, 0.2) is 29.2 Å². The first kappa shape index (κ1) is 15.2. The van der Waals surface area contributed by atoms with Crippen LogP contribution in [0.4, 0.5) is 11.6 Å². The molecule has 0 N–H and O–H groups in total. The zero-order valence-electron chi connectivity index (χ0n) is 13.4. The van der Waals surface area contributed by atoms with Crippen LogP contribution < -0.4 is 9.80 Å². The Kier molecular flexibility index (Phi) is 4.59. The van der Waals surface area contributed by atoms with E-state index in [1.165, 1.54) is 5.56 Å². The molecule has 5 nitrogen and oxygen atoms in total. The first-order valence-electron chi connectivity index (χ1n) is 7.66. The van der Waals surface area contributed by atoms with Crippen molar-refractivity contribution >= 4 is 23.0 Å². The molecule has 1 atom stereocenters. The van der Waals surface area contributed by atoms with Gasteiger partial charge in [-0.05, 0) is 29.3 Å². The first-order chi connectivity index (χ1) is 10.7. The molecular formula is C16H23N5S. The molecule has 0 spiro atoms. The minimum atomic E-state index is 0.489. The maximum Gasteiger partial charge on any atom is 0.172 e. The number of hydrogen-bond donors (Lipinski definition) is 0. The number of hydrogen-bond acceptors (Lipinski definition) is 6. The number of nitrogens with zero attached hydrogens (tertiary/aromatic N) is 5. The number of aromatic nitrogens is 2. The third kappa shape index (κ3) is 3.08. The summed E-state index contributed by atoms with van der Waals surface area (Å²) in [6, 6.07) is 2.72. The van der Waals surface area contributed by atoms with Gasteiger partial charge in [0.05, 0.1) is 0 Å². The summed E-state index contributed by atoms with van der Waals surface area (Å²) in [5.74, 6) is 1.94. The zero-order chi connectivity index (χ0) is 15.5. The molecule has 0 bridgehead atoms. The Morgan fingerprint density at radius 3 is 2.50 bits per heavy atom. The van der Waals surface area contributed by atoms with Gasteiger partial charge in [-0.25, -0.2) is 9.97 Å². The van der Waals surface area contributed by atoms with E-state index in [1.807, 2.05) is 19.0 Å². The molecule has 0 radical (unpaired) electrons. The summed E-state index contributed by atoms with van der Waals surface area (Å²) in [6.45, 7) is 6.40. The largest absolute Gasteiger partial charge is 0.360 e. The summed E-state index contributed by atoms with van der Waals surface area (Å²) >= 11 is 1.77. The lowest BCUT2D eigenvalue weighted by Gasteiger charge is -2.39. The van der Waals surface area contributed by atoms with Gasteiger partial charge in [0.2, 0.25) is 0 Å². The van der Waals surface area contributed by atoms with Crippen LogP contribution in [0.3, 0.4) is 0 Å². The van der Waals surface area contributed by atoms with Gasteiger partial charge in [-0.2, -0.15) is 11.3 Å². The smallest absolute Gasteiger partial charge is 0.172 e. The Labute approximate surface area is 136 Å². The molecule has 6 heteroatoms. The number of piperazine rings is 1. The summed E-state index contributed by atoms with van der Waals surface area (Å²) in [5, 5.41) is 4.41. The topological polar surface area (TPSA) is 35.5 Å². The summed E-state index contributed by atoms with van der Waals surface area (Å²) in [5.41, 5.74) is 1.42. The van der Waals surface area contributed by atoms with Gasteiger partial charge < -0.3 is 9.80 Å². The van der Waals surface area contributed by atoms with Gasteiger partial charge in [-0.1, -0.05) is 0 Å². The normalized spacial score (nSPS) is 17.5. The highest BCUT2D eigenvalue weighted by Gasteiger charge is 2.24. The standard InChI is InChI=1S/C16H23N5S/c1-13(14-4-11-22-12-14)20-7-9-21(10-8-20)16-15(19(2)3)17-5-6-18-16/h4-6,11-13H,7-10H2,1-3H3. The second-order valence-electron chi connectivity index (χ2n) is 5.85. The summed E-state index contributed by atoms with van der Waals surface area (Å²) < 4.78 is 0. The first-order valence-corrected chi connectivity index (χ1v) is 8.60. The van der Waals surface area contributed by atoms with Crippen LogP contribution in [0.25, 0.3) is 0 Å². The van der Waals surface area contributed by atoms with Crippen molar-refractivity contribution in [3.63, 3.8) is 0 Å². The Bertz CT molecular complexity index is 590. The fraction of sp³-hybridized carbons (Fsp3) is 0.500. The Morgan fingerprint density at radius 2 is 1.86 bits per heavy atom. The quantitative estimate of drug-likeness (QED) is 0.866. The molecule has 3 heterocycles. The van der Waals surface area contributed by atoms with Crippen molar-refractivity contribution in [3.8, 4) is 0 Å². The Morgan fingerprint density at radius 1 is 1.14 bits per heavy atom. The highest BCUT2D eigenvalue weighted by atomic mass is 32.1. The van der Waals surface area contributed by atoms with Gasteiger partial charge in [0.15, 0.2) is 11.6 Å². The van der Waals surface area contributed by atoms with Crippen molar-refractivity contribution in [1.29, 1.82) is 0 Å². The third-order valence-corrected chi connectivity index (χ3v) is 4.97. The average molecular weight is 317 g/mol. The molecule has 1 aliphatic heterocycles. The van der Waals surface area contributed by atoms with E-state index in [-0.39, 0.29) is 0 Å². The van der Waals surface area contributed by atoms with Crippen molar-refractivity contribution in [2.24, 2.45) is 0 Å². The van der Waals surface area contributed by atoms with Crippen LogP contribution in [-0.4, -0.2) is 55.1 Å². The molecule has 1 unspecified atom stereocenters. The predicted octanol–water partition coefficient (Wildman–Crippen LogP) is 2.49. The molecule has 3 rings (SSSR count). The Balaban J connectivity index is 1.67. The molecule has 0 aliphatic carbocycles. The van der Waals surface area contributed by atoms with Crippen LogP contribution in [-0.2, 0) is 0 Å². The van der Waals surface area contributed by atoms with Gasteiger partial charge in [0.1, 0.15) is 0 Å². The van der Waals surface area contributed by atoms with Crippen molar-refractivity contribution in [1.82, 2.24) is 14.9 Å². The molecule has 0 saturated carbocycles. The van der Waals surface area contributed by atoms with Crippen molar-refractivity contribution in [2.45, 2.75) is 13.0 Å². The minimum absolute atomic E-state index is 0.489. The minimum Gasteiger partial charge on any atom is -0.360 e. The molecule has 2 aromatic heterocycles. The maximum absolute atomic E-state index is 4.55. The van der Waals surface area contributed by atoms with Crippen molar-refractivity contribution < 1.29 is 0 Å². The van der Waals surface area contributed by atoms with Gasteiger partial charge in [-0.15, -0.1) is 0 Å². The molecule has 0 amide bonds. The molecular weight excluding hydrogens is 294 g/mol. The summed E-state index contributed by atoms with van der Waals surface area (Å²) in [7, 11) is 4.03. The van der Waals surface area contributed by atoms with Crippen LogP contribution >= 0.6 is 11.3 Å². The fourth-order valence-electron chi connectivity index (χ4n) is 2.91. The van der Waals surface area contributed by atoms with Gasteiger partial charge in [0.25, 0.3) is 0 Å². The highest BCUT2D eigenvalue weighted by Crippen LogP contribution is 2.27. The molecule has 1 saturated heterocycles. The number of thiophene rings is 1. The van der Waals surface area contributed by atoms with E-state index in [4.69, 9.17) is 0 Å². The Hall–Kier alpha value is -1.66. The predicted molar refractivity (Wildman–Crippen MR) is 92.9 cm³/mol.